The second kappa shape index (κ2) is 8.21. The van der Waals surface area contributed by atoms with Gasteiger partial charge in [0.05, 0.1) is 26.5 Å². The molecule has 1 N–H and O–H groups in total. The molecule has 0 heterocycles. The first-order valence-electron chi connectivity index (χ1n) is 6.93. The van der Waals surface area contributed by atoms with Gasteiger partial charge in [-0.2, -0.15) is 13.2 Å². The molecule has 1 unspecified atom stereocenters. The monoisotopic (exact) mass is 486 g/mol. The second-order valence-corrected chi connectivity index (χ2v) is 7.27. The van der Waals surface area contributed by atoms with Gasteiger partial charge in [-0.1, -0.05) is 53.0 Å². The van der Waals surface area contributed by atoms with Crippen LogP contribution in [0.3, 0.4) is 0 Å². The van der Waals surface area contributed by atoms with E-state index in [4.69, 9.17) is 39.9 Å². The molecule has 0 fully saturated rings. The first-order chi connectivity index (χ1) is 12.0. The Hall–Kier alpha value is -1.21. The van der Waals surface area contributed by atoms with Crippen molar-refractivity contribution in [1.29, 1.82) is 0 Å². The molecule has 2 nitrogen and oxygen atoms in total. The molecule has 9 heteroatoms. The number of rotatable bonds is 4. The van der Waals surface area contributed by atoms with Gasteiger partial charge in [-0.3, -0.25) is 0 Å². The molecule has 0 amide bonds. The molecule has 138 valence electrons. The van der Waals surface area contributed by atoms with Crippen molar-refractivity contribution in [3.8, 4) is 0 Å². The normalized spacial score (nSPS) is 13.2. The summed E-state index contributed by atoms with van der Waals surface area (Å²) in [5.74, 6) is -3.11. The molecule has 0 saturated carbocycles. The Morgan fingerprint density at radius 2 is 1.69 bits per heavy atom. The van der Waals surface area contributed by atoms with E-state index < -0.39 is 18.1 Å². The van der Waals surface area contributed by atoms with Crippen LogP contribution in [0.4, 0.5) is 13.2 Å². The highest BCUT2D eigenvalue weighted by molar-refractivity contribution is 9.10. The van der Waals surface area contributed by atoms with Crippen LogP contribution >= 0.6 is 50.7 Å². The topological polar surface area (TPSA) is 37.3 Å². The fourth-order valence-corrected chi connectivity index (χ4v) is 3.36. The summed E-state index contributed by atoms with van der Waals surface area (Å²) in [6, 6.07) is 6.34. The molecule has 26 heavy (non-hydrogen) atoms. The number of carboxylic acid groups (broad SMARTS) is 1. The van der Waals surface area contributed by atoms with E-state index in [-0.39, 0.29) is 30.7 Å². The van der Waals surface area contributed by atoms with Gasteiger partial charge < -0.3 is 5.11 Å². The summed E-state index contributed by atoms with van der Waals surface area (Å²) in [5.41, 5.74) is 0.238. The molecule has 1 atom stereocenters. The van der Waals surface area contributed by atoms with Gasteiger partial charge in [0.2, 0.25) is 0 Å². The number of hydrogen-bond acceptors (Lipinski definition) is 1. The van der Waals surface area contributed by atoms with E-state index in [0.717, 1.165) is 18.2 Å². The lowest BCUT2D eigenvalue weighted by Gasteiger charge is -2.18. The molecule has 2 rings (SSSR count). The molecular formula is C17H9BrCl3F3O2. The van der Waals surface area contributed by atoms with E-state index in [1.807, 2.05) is 0 Å². The minimum Gasteiger partial charge on any atom is -0.478 e. The van der Waals surface area contributed by atoms with Crippen LogP contribution < -0.4 is 0 Å². The quantitative estimate of drug-likeness (QED) is 0.454. The minimum absolute atomic E-state index is 0.00536. The number of carbonyl (C=O) groups is 1. The van der Waals surface area contributed by atoms with Crippen molar-refractivity contribution >= 4 is 62.8 Å². The number of aromatic carboxylic acids is 1. The van der Waals surface area contributed by atoms with E-state index in [9.17, 15) is 18.0 Å². The van der Waals surface area contributed by atoms with Gasteiger partial charge in [-0.15, -0.1) is 0 Å². The third-order valence-electron chi connectivity index (χ3n) is 3.42. The predicted octanol–water partition coefficient (Wildman–Crippen LogP) is 7.47. The molecule has 0 aliphatic carbocycles. The van der Waals surface area contributed by atoms with Gasteiger partial charge in [0.1, 0.15) is 0 Å². The molecule has 2 aromatic carbocycles. The summed E-state index contributed by atoms with van der Waals surface area (Å²) in [7, 11) is 0. The van der Waals surface area contributed by atoms with Gasteiger partial charge in [-0.25, -0.2) is 4.79 Å². The van der Waals surface area contributed by atoms with Crippen molar-refractivity contribution in [3.05, 3.63) is 72.6 Å². The van der Waals surface area contributed by atoms with Crippen LogP contribution in [0, 0.1) is 0 Å². The SMILES string of the molecule is O=C(O)c1ccc(C=CC(c2cc(Cl)c(Cl)c(Cl)c2)C(F)(F)F)cc1Br. The molecule has 0 aliphatic heterocycles. The zero-order valence-electron chi connectivity index (χ0n) is 12.6. The second-order valence-electron chi connectivity index (χ2n) is 5.22. The number of hydrogen-bond donors (Lipinski definition) is 1. The zero-order chi connectivity index (χ0) is 19.6. The number of benzene rings is 2. The van der Waals surface area contributed by atoms with Crippen LogP contribution in [0.25, 0.3) is 6.08 Å². The smallest absolute Gasteiger partial charge is 0.399 e. The number of carboxylic acids is 1. The third-order valence-corrected chi connectivity index (χ3v) is 5.28. The van der Waals surface area contributed by atoms with E-state index in [1.165, 1.54) is 24.3 Å². The molecule has 0 bridgehead atoms. The average molecular weight is 489 g/mol. The van der Waals surface area contributed by atoms with Crippen LogP contribution in [-0.4, -0.2) is 17.3 Å². The van der Waals surface area contributed by atoms with Crippen molar-refractivity contribution in [1.82, 2.24) is 0 Å². The van der Waals surface area contributed by atoms with Crippen LogP contribution in [-0.2, 0) is 0 Å². The highest BCUT2D eigenvalue weighted by atomic mass is 79.9. The first-order valence-corrected chi connectivity index (χ1v) is 8.85. The maximum absolute atomic E-state index is 13.5. The molecule has 0 aromatic heterocycles. The Kier molecular flexibility index (Phi) is 6.66. The zero-order valence-corrected chi connectivity index (χ0v) is 16.5. The van der Waals surface area contributed by atoms with E-state index in [2.05, 4.69) is 15.9 Å². The minimum atomic E-state index is -4.59. The predicted molar refractivity (Wildman–Crippen MR) is 100 cm³/mol. The Labute approximate surface area is 170 Å². The van der Waals surface area contributed by atoms with E-state index in [1.54, 1.807) is 0 Å². The highest BCUT2D eigenvalue weighted by Gasteiger charge is 2.39. The number of halogens is 7. The van der Waals surface area contributed by atoms with Crippen molar-refractivity contribution in [3.63, 3.8) is 0 Å². The fourth-order valence-electron chi connectivity index (χ4n) is 2.18. The van der Waals surface area contributed by atoms with Gasteiger partial charge >= 0.3 is 12.1 Å². The molecule has 0 radical (unpaired) electrons. The Morgan fingerprint density at radius 3 is 2.15 bits per heavy atom. The summed E-state index contributed by atoms with van der Waals surface area (Å²) >= 11 is 20.5. The van der Waals surface area contributed by atoms with Gasteiger partial charge in [0, 0.05) is 4.47 Å². The lowest BCUT2D eigenvalue weighted by Crippen LogP contribution is -2.19. The standard InChI is InChI=1S/C17H9BrCl3F3O2/c18-12-5-8(1-3-10(12)16(25)26)2-4-11(17(22,23)24)9-6-13(19)15(21)14(20)7-9/h1-7,11H,(H,25,26). The van der Waals surface area contributed by atoms with Gasteiger partial charge in [0.25, 0.3) is 0 Å². The maximum atomic E-state index is 13.5. The van der Waals surface area contributed by atoms with Crippen LogP contribution in [0.2, 0.25) is 15.1 Å². The Bertz CT molecular complexity index is 859. The molecular weight excluding hydrogens is 479 g/mol. The van der Waals surface area contributed by atoms with Crippen LogP contribution in [0.5, 0.6) is 0 Å². The average Bonchev–Trinajstić information content (AvgIpc) is 2.51. The van der Waals surface area contributed by atoms with Crippen molar-refractivity contribution in [2.45, 2.75) is 12.1 Å². The Morgan fingerprint density at radius 1 is 1.12 bits per heavy atom. The molecule has 2 aromatic rings. The summed E-state index contributed by atoms with van der Waals surface area (Å²) in [6.07, 6.45) is -2.40. The van der Waals surface area contributed by atoms with E-state index in [0.29, 0.717) is 5.56 Å². The largest absolute Gasteiger partial charge is 0.478 e. The number of alkyl halides is 3. The highest BCUT2D eigenvalue weighted by Crippen LogP contribution is 2.41. The maximum Gasteiger partial charge on any atom is 0.399 e. The Balaban J connectivity index is 2.42. The molecule has 0 aliphatic rings. The summed E-state index contributed by atoms with van der Waals surface area (Å²) in [5, 5.41) is 8.80. The van der Waals surface area contributed by atoms with Crippen molar-refractivity contribution < 1.29 is 23.1 Å². The summed E-state index contributed by atoms with van der Waals surface area (Å²) in [4.78, 5) is 11.0. The molecule has 0 saturated heterocycles. The van der Waals surface area contributed by atoms with Crippen molar-refractivity contribution in [2.75, 3.05) is 0 Å². The summed E-state index contributed by atoms with van der Waals surface area (Å²) in [6.45, 7) is 0. The fraction of sp³-hybridized carbons (Fsp3) is 0.118. The number of allylic oxidation sites excluding steroid dienone is 1. The first kappa shape index (κ1) is 21.1. The van der Waals surface area contributed by atoms with Gasteiger partial charge in [-0.05, 0) is 51.3 Å². The lowest BCUT2D eigenvalue weighted by atomic mass is 9.97. The van der Waals surface area contributed by atoms with E-state index >= 15 is 0 Å². The summed E-state index contributed by atoms with van der Waals surface area (Å²) < 4.78 is 40.7. The third kappa shape index (κ3) is 4.94. The van der Waals surface area contributed by atoms with Crippen LogP contribution in [0.15, 0.2) is 40.9 Å². The van der Waals surface area contributed by atoms with Crippen molar-refractivity contribution in [2.24, 2.45) is 0 Å². The lowest BCUT2D eigenvalue weighted by molar-refractivity contribution is -0.139. The molecule has 0 spiro atoms. The van der Waals surface area contributed by atoms with Gasteiger partial charge in [0.15, 0.2) is 0 Å². The van der Waals surface area contributed by atoms with Crippen LogP contribution in [0.1, 0.15) is 27.4 Å².